The van der Waals surface area contributed by atoms with Crippen molar-refractivity contribution >= 4 is 0 Å². The molecule has 29 heavy (non-hydrogen) atoms. The molecule has 0 saturated carbocycles. The van der Waals surface area contributed by atoms with Gasteiger partial charge in [-0.05, 0) is 6.42 Å². The first-order valence-electron chi connectivity index (χ1n) is 11.2. The van der Waals surface area contributed by atoms with Crippen LogP contribution < -0.4 is 14.2 Å². The lowest BCUT2D eigenvalue weighted by Gasteiger charge is -2.08. The Kier molecular flexibility index (Phi) is 15.4. The molecule has 0 aliphatic rings. The van der Waals surface area contributed by atoms with Crippen molar-refractivity contribution in [3.8, 4) is 18.0 Å². The Labute approximate surface area is 176 Å². The van der Waals surface area contributed by atoms with E-state index in [0.717, 1.165) is 12.8 Å². The van der Waals surface area contributed by atoms with Gasteiger partial charge in [-0.15, -0.1) is 15.0 Å². The van der Waals surface area contributed by atoms with E-state index in [0.29, 0.717) is 19.8 Å². The molecule has 1 heterocycles. The van der Waals surface area contributed by atoms with Gasteiger partial charge in [0.15, 0.2) is 0 Å². The fraction of sp³-hybridized carbons (Fsp3) is 0.696. The van der Waals surface area contributed by atoms with Crippen molar-refractivity contribution in [2.75, 3.05) is 19.8 Å². The molecular weight excluding hydrogens is 366 g/mol. The van der Waals surface area contributed by atoms with Crippen LogP contribution in [-0.2, 0) is 0 Å². The Bertz CT molecular complexity index is 522. The van der Waals surface area contributed by atoms with Crippen molar-refractivity contribution in [3.05, 3.63) is 25.3 Å². The van der Waals surface area contributed by atoms with Crippen LogP contribution in [0.1, 0.15) is 84.0 Å². The first-order chi connectivity index (χ1) is 14.3. The highest BCUT2D eigenvalue weighted by molar-refractivity contribution is 5.09. The molecule has 0 aliphatic heterocycles. The molecule has 0 N–H and O–H groups in total. The number of hydrogen-bond acceptors (Lipinski definition) is 6. The zero-order chi connectivity index (χ0) is 21.0. The fourth-order valence-electron chi connectivity index (χ4n) is 2.89. The minimum absolute atomic E-state index is 0.170. The second-order valence-corrected chi connectivity index (χ2v) is 7.12. The van der Waals surface area contributed by atoms with Crippen molar-refractivity contribution in [3.63, 3.8) is 0 Å². The van der Waals surface area contributed by atoms with E-state index in [4.69, 9.17) is 14.2 Å². The van der Waals surface area contributed by atoms with Gasteiger partial charge in [0.1, 0.15) is 13.2 Å². The van der Waals surface area contributed by atoms with Gasteiger partial charge in [0.05, 0.1) is 6.61 Å². The molecule has 0 amide bonds. The van der Waals surface area contributed by atoms with Crippen LogP contribution in [0.5, 0.6) is 18.0 Å². The molecule has 0 radical (unpaired) electrons. The highest BCUT2D eigenvalue weighted by Crippen LogP contribution is 2.16. The molecule has 1 aromatic heterocycles. The summed E-state index contributed by atoms with van der Waals surface area (Å²) in [5, 5.41) is 0. The van der Waals surface area contributed by atoms with Gasteiger partial charge in [-0.3, -0.25) is 0 Å². The molecule has 0 spiro atoms. The van der Waals surface area contributed by atoms with Crippen LogP contribution in [0.4, 0.5) is 0 Å². The van der Waals surface area contributed by atoms with E-state index in [1.54, 1.807) is 12.2 Å². The van der Waals surface area contributed by atoms with Gasteiger partial charge < -0.3 is 14.2 Å². The summed E-state index contributed by atoms with van der Waals surface area (Å²) in [4.78, 5) is 12.4. The van der Waals surface area contributed by atoms with Crippen molar-refractivity contribution in [1.82, 2.24) is 15.0 Å². The van der Waals surface area contributed by atoms with Crippen molar-refractivity contribution in [1.29, 1.82) is 0 Å². The summed E-state index contributed by atoms with van der Waals surface area (Å²) in [6, 6.07) is 0.563. The third-order valence-electron chi connectivity index (χ3n) is 4.46. The van der Waals surface area contributed by atoms with Gasteiger partial charge in [0.2, 0.25) is 0 Å². The zero-order valence-electron chi connectivity index (χ0n) is 18.2. The van der Waals surface area contributed by atoms with Gasteiger partial charge in [0.25, 0.3) is 0 Å². The van der Waals surface area contributed by atoms with Gasteiger partial charge >= 0.3 is 18.0 Å². The Morgan fingerprint density at radius 3 is 1.38 bits per heavy atom. The van der Waals surface area contributed by atoms with Crippen molar-refractivity contribution in [2.45, 2.75) is 84.0 Å². The fourth-order valence-corrected chi connectivity index (χ4v) is 2.89. The SMILES string of the molecule is C=CCOc1nc(OCC=C)nc(OCCCCCCCCCCCCCC)n1. The Balaban J connectivity index is 2.15. The number of nitrogens with zero attached hydrogens (tertiary/aromatic N) is 3. The Morgan fingerprint density at radius 2 is 0.966 bits per heavy atom. The molecule has 6 heteroatoms. The van der Waals surface area contributed by atoms with E-state index < -0.39 is 0 Å². The lowest BCUT2D eigenvalue weighted by Crippen LogP contribution is -2.08. The molecule has 1 rings (SSSR count). The molecule has 0 fully saturated rings. The molecule has 0 atom stereocenters. The molecule has 0 saturated heterocycles. The average molecular weight is 406 g/mol. The first kappa shape index (κ1) is 24.9. The molecule has 6 nitrogen and oxygen atoms in total. The van der Waals surface area contributed by atoms with Crippen molar-refractivity contribution in [2.24, 2.45) is 0 Å². The minimum Gasteiger partial charge on any atom is -0.463 e. The molecular formula is C23H39N3O3. The van der Waals surface area contributed by atoms with Gasteiger partial charge in [-0.1, -0.05) is 103 Å². The lowest BCUT2D eigenvalue weighted by atomic mass is 10.1. The van der Waals surface area contributed by atoms with Crippen LogP contribution in [0.25, 0.3) is 0 Å². The second kappa shape index (κ2) is 18.0. The second-order valence-electron chi connectivity index (χ2n) is 7.12. The highest BCUT2D eigenvalue weighted by atomic mass is 16.5. The minimum atomic E-state index is 0.170. The van der Waals surface area contributed by atoms with E-state index >= 15 is 0 Å². The smallest absolute Gasteiger partial charge is 0.326 e. The zero-order valence-corrected chi connectivity index (χ0v) is 18.2. The topological polar surface area (TPSA) is 66.4 Å². The molecule has 0 aromatic carbocycles. The molecule has 164 valence electrons. The third kappa shape index (κ3) is 13.7. The normalized spacial score (nSPS) is 10.5. The number of ether oxygens (including phenoxy) is 3. The summed E-state index contributed by atoms with van der Waals surface area (Å²) in [5.41, 5.74) is 0. The van der Waals surface area contributed by atoms with Crippen LogP contribution in [0.3, 0.4) is 0 Å². The van der Waals surface area contributed by atoms with Gasteiger partial charge in [-0.2, -0.15) is 0 Å². The van der Waals surface area contributed by atoms with Crippen LogP contribution >= 0.6 is 0 Å². The maximum absolute atomic E-state index is 5.67. The average Bonchev–Trinajstić information content (AvgIpc) is 2.74. The molecule has 0 aliphatic carbocycles. The molecule has 0 unspecified atom stereocenters. The number of hydrogen-bond donors (Lipinski definition) is 0. The summed E-state index contributed by atoms with van der Waals surface area (Å²) >= 11 is 0. The van der Waals surface area contributed by atoms with E-state index in [1.165, 1.54) is 64.2 Å². The van der Waals surface area contributed by atoms with E-state index in [2.05, 4.69) is 35.0 Å². The molecule has 0 bridgehead atoms. The van der Waals surface area contributed by atoms with E-state index in [9.17, 15) is 0 Å². The largest absolute Gasteiger partial charge is 0.463 e. The number of rotatable bonds is 20. The standard InChI is InChI=1S/C23H39N3O3/c1-4-7-8-9-10-11-12-13-14-15-16-17-20-29-23-25-21(27-18-5-2)24-22(26-23)28-19-6-3/h5-6H,2-4,7-20H2,1H3. The molecule has 1 aromatic rings. The maximum atomic E-state index is 5.67. The number of aromatic nitrogens is 3. The quantitative estimate of drug-likeness (QED) is 0.193. The third-order valence-corrected chi connectivity index (χ3v) is 4.46. The highest BCUT2D eigenvalue weighted by Gasteiger charge is 2.09. The summed E-state index contributed by atoms with van der Waals surface area (Å²) < 4.78 is 16.4. The van der Waals surface area contributed by atoms with Gasteiger partial charge in [-0.25, -0.2) is 0 Å². The maximum Gasteiger partial charge on any atom is 0.326 e. The summed E-state index contributed by atoms with van der Waals surface area (Å²) in [7, 11) is 0. The lowest BCUT2D eigenvalue weighted by molar-refractivity contribution is 0.248. The monoisotopic (exact) mass is 405 g/mol. The Hall–Kier alpha value is -2.11. The predicted molar refractivity (Wildman–Crippen MR) is 118 cm³/mol. The van der Waals surface area contributed by atoms with Crippen molar-refractivity contribution < 1.29 is 14.2 Å². The Morgan fingerprint density at radius 1 is 0.586 bits per heavy atom. The van der Waals surface area contributed by atoms with E-state index in [1.807, 2.05) is 0 Å². The predicted octanol–water partition coefficient (Wildman–Crippen LogP) is 6.08. The summed E-state index contributed by atoms with van der Waals surface area (Å²) in [6.45, 7) is 10.7. The summed E-state index contributed by atoms with van der Waals surface area (Å²) in [6.07, 6.45) is 19.0. The van der Waals surface area contributed by atoms with Crippen LogP contribution in [0.15, 0.2) is 25.3 Å². The van der Waals surface area contributed by atoms with Crippen LogP contribution in [-0.4, -0.2) is 34.8 Å². The van der Waals surface area contributed by atoms with Crippen LogP contribution in [0.2, 0.25) is 0 Å². The van der Waals surface area contributed by atoms with Crippen LogP contribution in [0, 0.1) is 0 Å². The summed E-state index contributed by atoms with van der Waals surface area (Å²) in [5.74, 6) is 0. The first-order valence-corrected chi connectivity index (χ1v) is 11.2. The van der Waals surface area contributed by atoms with E-state index in [-0.39, 0.29) is 18.0 Å². The van der Waals surface area contributed by atoms with Gasteiger partial charge in [0, 0.05) is 0 Å². The number of unbranched alkanes of at least 4 members (excludes halogenated alkanes) is 11.